The smallest absolute Gasteiger partial charge is 0.349 e. The number of esters is 1. The first-order valence-electron chi connectivity index (χ1n) is 13.4. The molecule has 0 spiro atoms. The molecule has 0 saturated heterocycles. The van der Waals surface area contributed by atoms with E-state index in [0.717, 1.165) is 32.7 Å². The lowest BCUT2D eigenvalue weighted by Crippen LogP contribution is -2.41. The van der Waals surface area contributed by atoms with E-state index in [4.69, 9.17) is 4.74 Å². The molecule has 1 unspecified atom stereocenters. The zero-order valence-electron chi connectivity index (χ0n) is 23.2. The first-order valence-corrected chi connectivity index (χ1v) is 14.2. The van der Waals surface area contributed by atoms with Crippen molar-refractivity contribution in [2.75, 3.05) is 0 Å². The number of rotatable bonds is 9. The van der Waals surface area contributed by atoms with Crippen LogP contribution in [0.4, 0.5) is 0 Å². The maximum absolute atomic E-state index is 13.5. The monoisotopic (exact) mass is 546 g/mol. The Balaban J connectivity index is 1.64. The molecule has 1 aliphatic heterocycles. The minimum absolute atomic E-state index is 0.0453. The summed E-state index contributed by atoms with van der Waals surface area (Å²) in [5.41, 5.74) is 3.78. The second-order valence-electron chi connectivity index (χ2n) is 11.5. The molecule has 1 heterocycles. The van der Waals surface area contributed by atoms with Crippen molar-refractivity contribution >= 4 is 17.7 Å². The van der Waals surface area contributed by atoms with Gasteiger partial charge in [-0.05, 0) is 84.0 Å². The number of benzene rings is 3. The molecular formula is C33H38O5S. The van der Waals surface area contributed by atoms with Crippen LogP contribution in [-0.4, -0.2) is 26.9 Å². The Morgan fingerprint density at radius 1 is 0.923 bits per heavy atom. The summed E-state index contributed by atoms with van der Waals surface area (Å²) < 4.78 is 6.22. The van der Waals surface area contributed by atoms with Crippen LogP contribution >= 0.6 is 11.8 Å². The summed E-state index contributed by atoms with van der Waals surface area (Å²) in [7, 11) is 0. The molecule has 1 aliphatic rings. The standard InChI is InChI=1S/C33H38O5S/c1-22-17-29(27(32(2,3)4)19-25(22)21-34)39-30-28(36)20-33(38-31(30)37,15-13-23-9-6-5-7-10-23)16-14-24-11-8-12-26(35)18-24/h5-12,17-19,34-36H,13-16,20-21H2,1-4H3. The van der Waals surface area contributed by atoms with Gasteiger partial charge in [0.15, 0.2) is 0 Å². The lowest BCUT2D eigenvalue weighted by molar-refractivity contribution is -0.159. The average Bonchev–Trinajstić information content (AvgIpc) is 2.89. The number of aliphatic hydroxyl groups is 2. The molecule has 0 aromatic heterocycles. The minimum atomic E-state index is -0.865. The quantitative estimate of drug-likeness (QED) is 0.244. The van der Waals surface area contributed by atoms with Crippen LogP contribution in [0.15, 0.2) is 82.3 Å². The van der Waals surface area contributed by atoms with Crippen molar-refractivity contribution in [2.45, 2.75) is 82.3 Å². The predicted molar refractivity (Wildman–Crippen MR) is 156 cm³/mol. The van der Waals surface area contributed by atoms with Crippen LogP contribution in [0.3, 0.4) is 0 Å². The molecule has 0 radical (unpaired) electrons. The number of aryl methyl sites for hydroxylation is 3. The fourth-order valence-corrected chi connectivity index (χ4v) is 6.31. The Morgan fingerprint density at radius 3 is 2.21 bits per heavy atom. The van der Waals surface area contributed by atoms with E-state index < -0.39 is 11.6 Å². The van der Waals surface area contributed by atoms with Gasteiger partial charge in [0, 0.05) is 11.3 Å². The molecule has 206 valence electrons. The molecule has 0 aliphatic carbocycles. The number of aromatic hydroxyl groups is 1. The van der Waals surface area contributed by atoms with Crippen LogP contribution in [0.25, 0.3) is 0 Å². The maximum atomic E-state index is 13.5. The third kappa shape index (κ3) is 7.06. The lowest BCUT2D eigenvalue weighted by Gasteiger charge is -2.37. The number of phenols is 1. The van der Waals surface area contributed by atoms with E-state index in [-0.39, 0.29) is 34.9 Å². The van der Waals surface area contributed by atoms with Crippen molar-refractivity contribution in [1.29, 1.82) is 0 Å². The van der Waals surface area contributed by atoms with Gasteiger partial charge < -0.3 is 20.1 Å². The van der Waals surface area contributed by atoms with E-state index in [1.807, 2.05) is 43.3 Å². The van der Waals surface area contributed by atoms with Crippen molar-refractivity contribution < 1.29 is 24.9 Å². The van der Waals surface area contributed by atoms with Gasteiger partial charge in [0.2, 0.25) is 0 Å². The predicted octanol–water partition coefficient (Wildman–Crippen LogP) is 7.30. The van der Waals surface area contributed by atoms with Crippen LogP contribution in [0.2, 0.25) is 0 Å². The summed E-state index contributed by atoms with van der Waals surface area (Å²) in [4.78, 5) is 14.6. The van der Waals surface area contributed by atoms with E-state index >= 15 is 0 Å². The molecule has 0 bridgehead atoms. The Labute approximate surface area is 235 Å². The number of phenolic OH excluding ortho intramolecular Hbond substituents is 1. The highest BCUT2D eigenvalue weighted by atomic mass is 32.2. The van der Waals surface area contributed by atoms with Crippen molar-refractivity contribution in [2.24, 2.45) is 0 Å². The molecule has 6 heteroatoms. The van der Waals surface area contributed by atoms with E-state index in [2.05, 4.69) is 32.9 Å². The first kappa shape index (κ1) is 28.8. The second kappa shape index (κ2) is 11.9. The molecular weight excluding hydrogens is 508 g/mol. The highest BCUT2D eigenvalue weighted by Gasteiger charge is 2.42. The Bertz CT molecular complexity index is 1360. The molecule has 0 saturated carbocycles. The van der Waals surface area contributed by atoms with Crippen molar-refractivity contribution in [3.05, 3.63) is 105 Å². The number of carbonyl (C=O) groups excluding carboxylic acids is 1. The number of carbonyl (C=O) groups is 1. The summed E-state index contributed by atoms with van der Waals surface area (Å²) in [5, 5.41) is 31.0. The highest BCUT2D eigenvalue weighted by molar-refractivity contribution is 8.04. The number of hydrogen-bond acceptors (Lipinski definition) is 6. The third-order valence-corrected chi connectivity index (χ3v) is 8.53. The van der Waals surface area contributed by atoms with Gasteiger partial charge >= 0.3 is 5.97 Å². The van der Waals surface area contributed by atoms with Gasteiger partial charge in [0.25, 0.3) is 0 Å². The molecule has 3 aromatic rings. The molecule has 3 aromatic carbocycles. The van der Waals surface area contributed by atoms with Gasteiger partial charge in [-0.25, -0.2) is 4.79 Å². The molecule has 1 atom stereocenters. The fourth-order valence-electron chi connectivity index (χ4n) is 5.06. The van der Waals surface area contributed by atoms with Gasteiger partial charge in [-0.15, -0.1) is 0 Å². The SMILES string of the molecule is Cc1cc(SC2=C(O)CC(CCc3ccccc3)(CCc3cccc(O)c3)OC2=O)c(C(C)(C)C)cc1CO. The molecule has 39 heavy (non-hydrogen) atoms. The van der Waals surface area contributed by atoms with Crippen molar-refractivity contribution in [3.8, 4) is 5.75 Å². The second-order valence-corrected chi connectivity index (χ2v) is 12.5. The number of ether oxygens (including phenoxy) is 1. The van der Waals surface area contributed by atoms with E-state index in [0.29, 0.717) is 25.7 Å². The molecule has 0 fully saturated rings. The van der Waals surface area contributed by atoms with Crippen LogP contribution < -0.4 is 0 Å². The third-order valence-electron chi connectivity index (χ3n) is 7.37. The largest absolute Gasteiger partial charge is 0.511 e. The first-order chi connectivity index (χ1) is 18.5. The highest BCUT2D eigenvalue weighted by Crippen LogP contribution is 2.44. The summed E-state index contributed by atoms with van der Waals surface area (Å²) >= 11 is 1.24. The van der Waals surface area contributed by atoms with Gasteiger partial charge in [-0.2, -0.15) is 0 Å². The van der Waals surface area contributed by atoms with Gasteiger partial charge in [-0.3, -0.25) is 0 Å². The summed E-state index contributed by atoms with van der Waals surface area (Å²) in [6, 6.07) is 21.1. The Kier molecular flexibility index (Phi) is 8.77. The molecule has 5 nitrogen and oxygen atoms in total. The van der Waals surface area contributed by atoms with Gasteiger partial charge in [-0.1, -0.05) is 81.1 Å². The minimum Gasteiger partial charge on any atom is -0.511 e. The van der Waals surface area contributed by atoms with Crippen molar-refractivity contribution in [3.63, 3.8) is 0 Å². The Morgan fingerprint density at radius 2 is 1.59 bits per heavy atom. The average molecular weight is 547 g/mol. The van der Waals surface area contributed by atoms with E-state index in [1.54, 1.807) is 18.2 Å². The van der Waals surface area contributed by atoms with Gasteiger partial charge in [0.1, 0.15) is 22.0 Å². The van der Waals surface area contributed by atoms with Gasteiger partial charge in [0.05, 0.1) is 6.61 Å². The molecule has 4 rings (SSSR count). The maximum Gasteiger partial charge on any atom is 0.349 e. The van der Waals surface area contributed by atoms with Crippen molar-refractivity contribution in [1.82, 2.24) is 0 Å². The summed E-state index contributed by atoms with van der Waals surface area (Å²) in [5.74, 6) is -0.273. The van der Waals surface area contributed by atoms with Crippen LogP contribution in [0, 0.1) is 6.92 Å². The van der Waals surface area contributed by atoms with E-state index in [9.17, 15) is 20.1 Å². The van der Waals surface area contributed by atoms with E-state index in [1.165, 1.54) is 11.8 Å². The zero-order valence-corrected chi connectivity index (χ0v) is 24.0. The summed E-state index contributed by atoms with van der Waals surface area (Å²) in [6.45, 7) is 8.15. The number of cyclic esters (lactones) is 1. The topological polar surface area (TPSA) is 87.0 Å². The number of aliphatic hydroxyl groups excluding tert-OH is 2. The van der Waals surface area contributed by atoms with Crippen LogP contribution in [-0.2, 0) is 34.4 Å². The Hall–Kier alpha value is -3.22. The molecule has 3 N–H and O–H groups in total. The zero-order chi connectivity index (χ0) is 28.2. The lowest BCUT2D eigenvalue weighted by atomic mass is 9.84. The molecule has 0 amide bonds. The fraction of sp³-hybridized carbons (Fsp3) is 0.364. The van der Waals surface area contributed by atoms with Crippen LogP contribution in [0.5, 0.6) is 5.75 Å². The van der Waals surface area contributed by atoms with Crippen LogP contribution in [0.1, 0.15) is 67.9 Å². The normalized spacial score (nSPS) is 17.8. The number of hydrogen-bond donors (Lipinski definition) is 3. The summed E-state index contributed by atoms with van der Waals surface area (Å²) in [6.07, 6.45) is 2.63. The number of thioether (sulfide) groups is 1.